The Bertz CT molecular complexity index is 81.6. The fraction of sp³-hybridized carbons (Fsp3) is 1.00. The van der Waals surface area contributed by atoms with Gasteiger partial charge in [-0.1, -0.05) is 32.6 Å². The van der Waals surface area contributed by atoms with Crippen LogP contribution in [-0.4, -0.2) is 25.2 Å². The third-order valence-corrected chi connectivity index (χ3v) is 2.02. The zero-order chi connectivity index (χ0) is 8.69. The Labute approximate surface area is 70.8 Å². The maximum absolute atomic E-state index is 5.82. The smallest absolute Gasteiger partial charge is 0.0566 e. The number of unbranched alkanes of at least 4 members (excludes halogenated alkanes) is 3. The molecule has 1 atom stereocenters. The van der Waals surface area contributed by atoms with Crippen molar-refractivity contribution in [2.24, 2.45) is 5.73 Å². The summed E-state index contributed by atoms with van der Waals surface area (Å²) in [5, 5.41) is 0. The fourth-order valence-corrected chi connectivity index (χ4v) is 1.04. The summed E-state index contributed by atoms with van der Waals surface area (Å²) in [5.74, 6) is 0. The van der Waals surface area contributed by atoms with Crippen molar-refractivity contribution in [2.45, 2.75) is 45.2 Å². The van der Waals surface area contributed by atoms with Crippen LogP contribution in [0.5, 0.6) is 0 Å². The Morgan fingerprint density at radius 2 is 1.82 bits per heavy atom. The highest BCUT2D eigenvalue weighted by Gasteiger charge is 2.02. The first-order chi connectivity index (χ1) is 5.18. The normalized spacial score (nSPS) is 13.9. The highest BCUT2D eigenvalue weighted by molar-refractivity contribution is 4.56. The van der Waals surface area contributed by atoms with Crippen molar-refractivity contribution in [1.82, 2.24) is 4.90 Å². The van der Waals surface area contributed by atoms with Gasteiger partial charge in [0.15, 0.2) is 0 Å². The van der Waals surface area contributed by atoms with E-state index in [0.29, 0.717) is 0 Å². The SMILES string of the molecule is CCCCCCC(N)N(C)C. The Morgan fingerprint density at radius 1 is 1.18 bits per heavy atom. The summed E-state index contributed by atoms with van der Waals surface area (Å²) in [4.78, 5) is 2.08. The molecule has 0 fully saturated rings. The van der Waals surface area contributed by atoms with E-state index in [4.69, 9.17) is 5.73 Å². The molecule has 2 nitrogen and oxygen atoms in total. The molecule has 0 heterocycles. The summed E-state index contributed by atoms with van der Waals surface area (Å²) < 4.78 is 0. The van der Waals surface area contributed by atoms with Crippen molar-refractivity contribution in [3.05, 3.63) is 0 Å². The van der Waals surface area contributed by atoms with E-state index >= 15 is 0 Å². The van der Waals surface area contributed by atoms with Gasteiger partial charge in [-0.05, 0) is 20.5 Å². The molecular weight excluding hydrogens is 136 g/mol. The van der Waals surface area contributed by atoms with Crippen LogP contribution in [0.2, 0.25) is 0 Å². The maximum Gasteiger partial charge on any atom is 0.0566 e. The molecule has 0 aromatic rings. The Balaban J connectivity index is 3.10. The molecule has 0 radical (unpaired) electrons. The lowest BCUT2D eigenvalue weighted by Crippen LogP contribution is -2.35. The van der Waals surface area contributed by atoms with Crippen molar-refractivity contribution in [1.29, 1.82) is 0 Å². The minimum Gasteiger partial charge on any atom is -0.316 e. The van der Waals surface area contributed by atoms with Crippen LogP contribution in [0.4, 0.5) is 0 Å². The molecule has 0 bridgehead atoms. The van der Waals surface area contributed by atoms with Gasteiger partial charge >= 0.3 is 0 Å². The minimum absolute atomic E-state index is 0.256. The standard InChI is InChI=1S/C9H22N2/c1-4-5-6-7-8-9(10)11(2)3/h9H,4-8,10H2,1-3H3. The van der Waals surface area contributed by atoms with Gasteiger partial charge in [-0.15, -0.1) is 0 Å². The average molecular weight is 158 g/mol. The monoisotopic (exact) mass is 158 g/mol. The van der Waals surface area contributed by atoms with Gasteiger partial charge in [0, 0.05) is 0 Å². The summed E-state index contributed by atoms with van der Waals surface area (Å²) in [6.07, 6.45) is 6.64. The van der Waals surface area contributed by atoms with E-state index in [-0.39, 0.29) is 6.17 Å². The molecule has 0 saturated carbocycles. The molecule has 68 valence electrons. The lowest BCUT2D eigenvalue weighted by atomic mass is 10.1. The van der Waals surface area contributed by atoms with Crippen LogP contribution in [-0.2, 0) is 0 Å². The van der Waals surface area contributed by atoms with Crippen molar-refractivity contribution in [2.75, 3.05) is 14.1 Å². The molecule has 0 aliphatic heterocycles. The zero-order valence-corrected chi connectivity index (χ0v) is 8.14. The van der Waals surface area contributed by atoms with Gasteiger partial charge in [0.05, 0.1) is 6.17 Å². The second kappa shape index (κ2) is 6.62. The molecule has 11 heavy (non-hydrogen) atoms. The molecule has 0 aliphatic carbocycles. The average Bonchev–Trinajstić information content (AvgIpc) is 1.97. The largest absolute Gasteiger partial charge is 0.316 e. The Kier molecular flexibility index (Phi) is 6.57. The van der Waals surface area contributed by atoms with Crippen molar-refractivity contribution >= 4 is 0 Å². The van der Waals surface area contributed by atoms with E-state index in [0.717, 1.165) is 6.42 Å². The lowest BCUT2D eigenvalue weighted by Gasteiger charge is -2.18. The van der Waals surface area contributed by atoms with Crippen molar-refractivity contribution in [3.63, 3.8) is 0 Å². The summed E-state index contributed by atoms with van der Waals surface area (Å²) in [6, 6.07) is 0. The first kappa shape index (κ1) is 10.9. The molecule has 0 aliphatic rings. The molecule has 0 spiro atoms. The Hall–Kier alpha value is -0.0800. The number of nitrogens with two attached hydrogens (primary N) is 1. The van der Waals surface area contributed by atoms with E-state index in [9.17, 15) is 0 Å². The number of hydrogen-bond donors (Lipinski definition) is 1. The van der Waals surface area contributed by atoms with E-state index in [1.807, 2.05) is 14.1 Å². The molecule has 2 N–H and O–H groups in total. The predicted molar refractivity (Wildman–Crippen MR) is 50.4 cm³/mol. The van der Waals surface area contributed by atoms with Crippen molar-refractivity contribution in [3.8, 4) is 0 Å². The molecule has 0 rings (SSSR count). The number of nitrogens with zero attached hydrogens (tertiary/aromatic N) is 1. The molecule has 0 saturated heterocycles. The highest BCUT2D eigenvalue weighted by atomic mass is 15.2. The van der Waals surface area contributed by atoms with Crippen LogP contribution in [0.3, 0.4) is 0 Å². The molecule has 1 unspecified atom stereocenters. The maximum atomic E-state index is 5.82. The summed E-state index contributed by atoms with van der Waals surface area (Å²) in [7, 11) is 4.06. The second-order valence-electron chi connectivity index (χ2n) is 3.38. The summed E-state index contributed by atoms with van der Waals surface area (Å²) >= 11 is 0. The Morgan fingerprint density at radius 3 is 2.27 bits per heavy atom. The third-order valence-electron chi connectivity index (χ3n) is 2.02. The molecular formula is C9H22N2. The van der Waals surface area contributed by atoms with Gasteiger partial charge in [-0.3, -0.25) is 4.90 Å². The molecule has 2 heteroatoms. The number of rotatable bonds is 6. The number of hydrogen-bond acceptors (Lipinski definition) is 2. The molecule has 0 aromatic carbocycles. The van der Waals surface area contributed by atoms with Crippen LogP contribution in [0, 0.1) is 0 Å². The zero-order valence-electron chi connectivity index (χ0n) is 8.14. The van der Waals surface area contributed by atoms with E-state index in [1.165, 1.54) is 25.7 Å². The lowest BCUT2D eigenvalue weighted by molar-refractivity contribution is 0.278. The summed E-state index contributed by atoms with van der Waals surface area (Å²) in [6.45, 7) is 2.23. The van der Waals surface area contributed by atoms with Gasteiger partial charge in [0.2, 0.25) is 0 Å². The van der Waals surface area contributed by atoms with E-state index in [1.54, 1.807) is 0 Å². The van der Waals surface area contributed by atoms with Gasteiger partial charge in [0.1, 0.15) is 0 Å². The van der Waals surface area contributed by atoms with Gasteiger partial charge in [-0.25, -0.2) is 0 Å². The van der Waals surface area contributed by atoms with E-state index < -0.39 is 0 Å². The topological polar surface area (TPSA) is 29.3 Å². The third kappa shape index (κ3) is 6.32. The van der Waals surface area contributed by atoms with Crippen LogP contribution in [0.25, 0.3) is 0 Å². The van der Waals surface area contributed by atoms with E-state index in [2.05, 4.69) is 11.8 Å². The van der Waals surface area contributed by atoms with Crippen molar-refractivity contribution < 1.29 is 0 Å². The highest BCUT2D eigenvalue weighted by Crippen LogP contribution is 2.04. The minimum atomic E-state index is 0.256. The molecule has 0 amide bonds. The second-order valence-corrected chi connectivity index (χ2v) is 3.38. The van der Waals surface area contributed by atoms with Gasteiger partial charge < -0.3 is 5.73 Å². The quantitative estimate of drug-likeness (QED) is 0.472. The van der Waals surface area contributed by atoms with Gasteiger partial charge in [0.25, 0.3) is 0 Å². The predicted octanol–water partition coefficient (Wildman–Crippen LogP) is 1.80. The van der Waals surface area contributed by atoms with Crippen LogP contribution in [0.1, 0.15) is 39.0 Å². The first-order valence-electron chi connectivity index (χ1n) is 4.60. The summed E-state index contributed by atoms with van der Waals surface area (Å²) in [5.41, 5.74) is 5.82. The van der Waals surface area contributed by atoms with Crippen LogP contribution >= 0.6 is 0 Å². The first-order valence-corrected chi connectivity index (χ1v) is 4.60. The van der Waals surface area contributed by atoms with Crippen LogP contribution < -0.4 is 5.73 Å². The van der Waals surface area contributed by atoms with Gasteiger partial charge in [-0.2, -0.15) is 0 Å². The molecule has 0 aromatic heterocycles. The van der Waals surface area contributed by atoms with Crippen LogP contribution in [0.15, 0.2) is 0 Å². The fourth-order valence-electron chi connectivity index (χ4n) is 1.04.